The first-order valence-electron chi connectivity index (χ1n) is 10.2. The molecule has 0 aliphatic carbocycles. The highest BCUT2D eigenvalue weighted by Gasteiger charge is 2.18. The van der Waals surface area contributed by atoms with Crippen LogP contribution in [0.2, 0.25) is 0 Å². The van der Waals surface area contributed by atoms with Gasteiger partial charge >= 0.3 is 0 Å². The van der Waals surface area contributed by atoms with Gasteiger partial charge in [0.2, 0.25) is 0 Å². The maximum Gasteiger partial charge on any atom is 0.191 e. The molecule has 0 saturated carbocycles. The SMILES string of the molecule is CCNC(=NCC(C)N1CCN(C)CC1)NCC(C)Oc1ccccc1C. The number of nitrogens with zero attached hydrogens (tertiary/aromatic N) is 3. The highest BCUT2D eigenvalue weighted by molar-refractivity contribution is 5.79. The van der Waals surface area contributed by atoms with Gasteiger partial charge in [0.05, 0.1) is 13.1 Å². The standard InChI is InChI=1S/C21H37N5O/c1-6-22-21(23-15-18(3)26-13-11-25(5)12-14-26)24-16-19(4)27-20-10-8-7-9-17(20)2/h7-10,18-19H,6,11-16H2,1-5H3,(H2,22,23,24). The van der Waals surface area contributed by atoms with Crippen molar-refractivity contribution in [3.8, 4) is 5.75 Å². The largest absolute Gasteiger partial charge is 0.489 e. The number of para-hydroxylation sites is 1. The summed E-state index contributed by atoms with van der Waals surface area (Å²) in [5, 5.41) is 6.75. The molecule has 152 valence electrons. The lowest BCUT2D eigenvalue weighted by Gasteiger charge is -2.35. The monoisotopic (exact) mass is 375 g/mol. The van der Waals surface area contributed by atoms with Gasteiger partial charge in [-0.3, -0.25) is 9.89 Å². The Kier molecular flexibility index (Phi) is 8.88. The summed E-state index contributed by atoms with van der Waals surface area (Å²) < 4.78 is 6.05. The summed E-state index contributed by atoms with van der Waals surface area (Å²) in [5.41, 5.74) is 1.16. The highest BCUT2D eigenvalue weighted by atomic mass is 16.5. The number of ether oxygens (including phenoxy) is 1. The van der Waals surface area contributed by atoms with Gasteiger partial charge in [-0.1, -0.05) is 18.2 Å². The molecular formula is C21H37N5O. The average molecular weight is 376 g/mol. The van der Waals surface area contributed by atoms with Crippen molar-refractivity contribution in [3.63, 3.8) is 0 Å². The third-order valence-corrected chi connectivity index (χ3v) is 5.00. The second kappa shape index (κ2) is 11.1. The fourth-order valence-corrected chi connectivity index (χ4v) is 3.13. The summed E-state index contributed by atoms with van der Waals surface area (Å²) >= 11 is 0. The topological polar surface area (TPSA) is 52.1 Å². The van der Waals surface area contributed by atoms with Crippen LogP contribution in [0.5, 0.6) is 5.75 Å². The molecule has 2 N–H and O–H groups in total. The summed E-state index contributed by atoms with van der Waals surface area (Å²) in [4.78, 5) is 9.70. The lowest BCUT2D eigenvalue weighted by molar-refractivity contribution is 0.122. The van der Waals surface area contributed by atoms with E-state index in [0.29, 0.717) is 12.6 Å². The molecule has 2 unspecified atom stereocenters. The van der Waals surface area contributed by atoms with Gasteiger partial charge in [0, 0.05) is 38.8 Å². The van der Waals surface area contributed by atoms with E-state index in [-0.39, 0.29) is 6.10 Å². The molecule has 1 heterocycles. The first-order valence-corrected chi connectivity index (χ1v) is 10.2. The van der Waals surface area contributed by atoms with Crippen molar-refractivity contribution < 1.29 is 4.74 Å². The van der Waals surface area contributed by atoms with Crippen LogP contribution in [0.25, 0.3) is 0 Å². The number of aliphatic imine (C=N–C) groups is 1. The molecule has 0 bridgehead atoms. The predicted octanol–water partition coefficient (Wildman–Crippen LogP) is 1.95. The van der Waals surface area contributed by atoms with Gasteiger partial charge in [0.1, 0.15) is 11.9 Å². The normalized spacial score (nSPS) is 18.8. The number of benzene rings is 1. The van der Waals surface area contributed by atoms with Crippen LogP contribution in [-0.2, 0) is 0 Å². The molecule has 6 nitrogen and oxygen atoms in total. The third kappa shape index (κ3) is 7.39. The third-order valence-electron chi connectivity index (χ3n) is 5.00. The molecule has 0 aromatic heterocycles. The van der Waals surface area contributed by atoms with Crippen LogP contribution in [0.1, 0.15) is 26.3 Å². The number of rotatable bonds is 8. The Morgan fingerprint density at radius 3 is 2.52 bits per heavy atom. The Morgan fingerprint density at radius 2 is 1.85 bits per heavy atom. The lowest BCUT2D eigenvalue weighted by atomic mass is 10.2. The van der Waals surface area contributed by atoms with E-state index in [1.54, 1.807) is 0 Å². The van der Waals surface area contributed by atoms with Crippen LogP contribution in [0.15, 0.2) is 29.3 Å². The fourth-order valence-electron chi connectivity index (χ4n) is 3.13. The van der Waals surface area contributed by atoms with Gasteiger partial charge in [-0.15, -0.1) is 0 Å². The van der Waals surface area contributed by atoms with Gasteiger partial charge in [-0.25, -0.2) is 0 Å². The van der Waals surface area contributed by atoms with Crippen LogP contribution in [0, 0.1) is 6.92 Å². The molecule has 1 aromatic rings. The Labute approximate surface area is 165 Å². The number of hydrogen-bond acceptors (Lipinski definition) is 4. The first-order chi connectivity index (χ1) is 13.0. The van der Waals surface area contributed by atoms with E-state index in [9.17, 15) is 0 Å². The van der Waals surface area contributed by atoms with Crippen molar-refractivity contribution in [1.82, 2.24) is 20.4 Å². The van der Waals surface area contributed by atoms with Crippen molar-refractivity contribution in [1.29, 1.82) is 0 Å². The van der Waals surface area contributed by atoms with E-state index >= 15 is 0 Å². The molecule has 0 spiro atoms. The van der Waals surface area contributed by atoms with Crippen molar-refractivity contribution in [2.45, 2.75) is 39.8 Å². The van der Waals surface area contributed by atoms with Gasteiger partial charge in [-0.05, 0) is 46.4 Å². The Bertz CT molecular complexity index is 584. The van der Waals surface area contributed by atoms with E-state index in [1.807, 2.05) is 18.2 Å². The highest BCUT2D eigenvalue weighted by Crippen LogP contribution is 2.17. The van der Waals surface area contributed by atoms with Gasteiger partial charge in [0.15, 0.2) is 5.96 Å². The van der Waals surface area contributed by atoms with E-state index in [4.69, 9.17) is 9.73 Å². The minimum Gasteiger partial charge on any atom is -0.489 e. The van der Waals surface area contributed by atoms with Crippen LogP contribution in [0.3, 0.4) is 0 Å². The maximum absolute atomic E-state index is 6.05. The Hall–Kier alpha value is -1.79. The summed E-state index contributed by atoms with van der Waals surface area (Å²) in [5.74, 6) is 1.80. The van der Waals surface area contributed by atoms with Crippen LogP contribution in [0.4, 0.5) is 0 Å². The van der Waals surface area contributed by atoms with Crippen LogP contribution < -0.4 is 15.4 Å². The molecule has 1 aromatic carbocycles. The van der Waals surface area contributed by atoms with Crippen molar-refractivity contribution >= 4 is 5.96 Å². The lowest BCUT2D eigenvalue weighted by Crippen LogP contribution is -2.49. The first kappa shape index (κ1) is 21.5. The zero-order valence-corrected chi connectivity index (χ0v) is 17.7. The number of piperazine rings is 1. The molecule has 0 amide bonds. The predicted molar refractivity (Wildman–Crippen MR) is 114 cm³/mol. The van der Waals surface area contributed by atoms with Crippen molar-refractivity contribution in [2.75, 3.05) is 52.9 Å². The van der Waals surface area contributed by atoms with E-state index < -0.39 is 0 Å². The number of nitrogens with one attached hydrogen (secondary N) is 2. The number of guanidine groups is 1. The zero-order valence-electron chi connectivity index (χ0n) is 17.7. The number of hydrogen-bond donors (Lipinski definition) is 2. The number of likely N-dealkylation sites (N-methyl/N-ethyl adjacent to an activating group) is 1. The molecule has 1 aliphatic heterocycles. The van der Waals surface area contributed by atoms with E-state index in [2.05, 4.69) is 61.2 Å². The van der Waals surface area contributed by atoms with Crippen LogP contribution in [-0.4, -0.2) is 80.8 Å². The molecular weight excluding hydrogens is 338 g/mol. The van der Waals surface area contributed by atoms with Crippen molar-refractivity contribution in [2.24, 2.45) is 4.99 Å². The second-order valence-electron chi connectivity index (χ2n) is 7.48. The van der Waals surface area contributed by atoms with Gasteiger partial charge in [0.25, 0.3) is 0 Å². The van der Waals surface area contributed by atoms with Gasteiger partial charge in [-0.2, -0.15) is 0 Å². The molecule has 1 aliphatic rings. The smallest absolute Gasteiger partial charge is 0.191 e. The summed E-state index contributed by atoms with van der Waals surface area (Å²) in [6.07, 6.45) is 0.0602. The van der Waals surface area contributed by atoms with E-state index in [1.165, 1.54) is 0 Å². The molecule has 0 radical (unpaired) electrons. The van der Waals surface area contributed by atoms with E-state index in [0.717, 1.165) is 56.5 Å². The van der Waals surface area contributed by atoms with Crippen molar-refractivity contribution in [3.05, 3.63) is 29.8 Å². The minimum absolute atomic E-state index is 0.0602. The minimum atomic E-state index is 0.0602. The molecule has 6 heteroatoms. The summed E-state index contributed by atoms with van der Waals surface area (Å²) in [6, 6.07) is 8.58. The Morgan fingerprint density at radius 1 is 1.15 bits per heavy atom. The fraction of sp³-hybridized carbons (Fsp3) is 0.667. The molecule has 2 rings (SSSR count). The molecule has 2 atom stereocenters. The average Bonchev–Trinajstić information content (AvgIpc) is 2.66. The summed E-state index contributed by atoms with van der Waals surface area (Å²) in [7, 11) is 2.19. The zero-order chi connectivity index (χ0) is 19.6. The molecule has 1 fully saturated rings. The molecule has 27 heavy (non-hydrogen) atoms. The Balaban J connectivity index is 1.81. The summed E-state index contributed by atoms with van der Waals surface area (Å²) in [6.45, 7) is 15.4. The maximum atomic E-state index is 6.05. The molecule has 1 saturated heterocycles. The quantitative estimate of drug-likeness (QED) is 0.537. The van der Waals surface area contributed by atoms with Gasteiger partial charge < -0.3 is 20.3 Å². The second-order valence-corrected chi connectivity index (χ2v) is 7.48. The van der Waals surface area contributed by atoms with Crippen LogP contribution >= 0.6 is 0 Å². The number of aryl methyl sites for hydroxylation is 1.